The third kappa shape index (κ3) is 4.02. The van der Waals surface area contributed by atoms with E-state index in [1.54, 1.807) is 19.9 Å². The SMILES string of the molecule is Cc1ccc([N+](=O)[O-])c(S(=O)(=O)N2CCNCC2c2cccc(F)c2)c1C.Cl. The van der Waals surface area contributed by atoms with Crippen LogP contribution in [0.15, 0.2) is 41.3 Å². The van der Waals surface area contributed by atoms with E-state index in [-0.39, 0.29) is 23.8 Å². The Morgan fingerprint density at radius 1 is 1.25 bits per heavy atom. The van der Waals surface area contributed by atoms with Gasteiger partial charge in [-0.05, 0) is 42.7 Å². The number of hydrogen-bond acceptors (Lipinski definition) is 5. The van der Waals surface area contributed by atoms with Crippen LogP contribution in [0.5, 0.6) is 0 Å². The van der Waals surface area contributed by atoms with E-state index in [1.807, 2.05) is 0 Å². The zero-order valence-electron chi connectivity index (χ0n) is 15.4. The second-order valence-electron chi connectivity index (χ2n) is 6.50. The van der Waals surface area contributed by atoms with Crippen molar-refractivity contribution in [3.05, 3.63) is 69.0 Å². The van der Waals surface area contributed by atoms with Crippen LogP contribution in [-0.2, 0) is 10.0 Å². The van der Waals surface area contributed by atoms with E-state index in [9.17, 15) is 22.9 Å². The Balaban J connectivity index is 0.00000280. The molecule has 0 amide bonds. The molecular formula is C18H21ClFN3O4S. The van der Waals surface area contributed by atoms with Crippen LogP contribution in [0, 0.1) is 29.8 Å². The molecule has 1 N–H and O–H groups in total. The van der Waals surface area contributed by atoms with Crippen molar-refractivity contribution in [2.45, 2.75) is 24.8 Å². The number of sulfonamides is 1. The monoisotopic (exact) mass is 429 g/mol. The zero-order valence-corrected chi connectivity index (χ0v) is 17.0. The second-order valence-corrected chi connectivity index (χ2v) is 8.33. The predicted octanol–water partition coefficient (Wildman–Crippen LogP) is 3.11. The maximum atomic E-state index is 13.7. The normalized spacial score (nSPS) is 17.8. The van der Waals surface area contributed by atoms with E-state index < -0.39 is 32.5 Å². The van der Waals surface area contributed by atoms with Gasteiger partial charge in [0.15, 0.2) is 4.90 Å². The first-order valence-electron chi connectivity index (χ1n) is 8.46. The number of nitro benzene ring substituents is 1. The topological polar surface area (TPSA) is 92.5 Å². The van der Waals surface area contributed by atoms with Crippen molar-refractivity contribution >= 4 is 28.1 Å². The summed E-state index contributed by atoms with van der Waals surface area (Å²) in [6.45, 7) is 4.10. The number of nitro groups is 1. The quantitative estimate of drug-likeness (QED) is 0.595. The molecule has 2 aromatic carbocycles. The zero-order chi connectivity index (χ0) is 19.8. The van der Waals surface area contributed by atoms with E-state index in [4.69, 9.17) is 0 Å². The predicted molar refractivity (Wildman–Crippen MR) is 106 cm³/mol. The number of benzene rings is 2. The van der Waals surface area contributed by atoms with Crippen LogP contribution >= 0.6 is 12.4 Å². The molecule has 1 aliphatic heterocycles. The second kappa shape index (κ2) is 8.52. The molecule has 0 aliphatic carbocycles. The molecule has 1 atom stereocenters. The Morgan fingerprint density at radius 3 is 2.61 bits per heavy atom. The first kappa shape index (κ1) is 22.2. The van der Waals surface area contributed by atoms with Gasteiger partial charge in [0.25, 0.3) is 15.7 Å². The fourth-order valence-corrected chi connectivity index (χ4v) is 5.39. The molecule has 152 valence electrons. The molecule has 0 aromatic heterocycles. The Kier molecular flexibility index (Phi) is 6.76. The molecular weight excluding hydrogens is 409 g/mol. The summed E-state index contributed by atoms with van der Waals surface area (Å²) < 4.78 is 41.8. The van der Waals surface area contributed by atoms with Crippen molar-refractivity contribution in [1.82, 2.24) is 9.62 Å². The van der Waals surface area contributed by atoms with Gasteiger partial charge < -0.3 is 5.32 Å². The number of hydrogen-bond donors (Lipinski definition) is 1. The summed E-state index contributed by atoms with van der Waals surface area (Å²) in [6.07, 6.45) is 0. The number of nitrogens with zero attached hydrogens (tertiary/aromatic N) is 2. The van der Waals surface area contributed by atoms with Gasteiger partial charge in [0.1, 0.15) is 5.82 Å². The number of rotatable bonds is 4. The van der Waals surface area contributed by atoms with E-state index in [1.165, 1.54) is 34.6 Å². The first-order valence-corrected chi connectivity index (χ1v) is 9.90. The van der Waals surface area contributed by atoms with Crippen LogP contribution in [0.1, 0.15) is 22.7 Å². The summed E-state index contributed by atoms with van der Waals surface area (Å²) in [5.41, 5.74) is 1.05. The summed E-state index contributed by atoms with van der Waals surface area (Å²) in [5.74, 6) is -0.465. The molecule has 1 fully saturated rings. The molecule has 0 bridgehead atoms. The lowest BCUT2D eigenvalue weighted by atomic mass is 10.1. The molecule has 1 aliphatic rings. The average Bonchev–Trinajstić information content (AvgIpc) is 2.63. The number of piperazine rings is 1. The molecule has 0 radical (unpaired) electrons. The summed E-state index contributed by atoms with van der Waals surface area (Å²) in [7, 11) is -4.17. The van der Waals surface area contributed by atoms with Crippen molar-refractivity contribution in [3.63, 3.8) is 0 Å². The molecule has 0 saturated carbocycles. The van der Waals surface area contributed by atoms with Gasteiger partial charge >= 0.3 is 0 Å². The fourth-order valence-electron chi connectivity index (χ4n) is 3.33. The van der Waals surface area contributed by atoms with E-state index in [0.29, 0.717) is 29.8 Å². The van der Waals surface area contributed by atoms with Crippen LogP contribution in [0.3, 0.4) is 0 Å². The Hall–Kier alpha value is -2.07. The van der Waals surface area contributed by atoms with Gasteiger partial charge in [0.2, 0.25) is 0 Å². The highest BCUT2D eigenvalue weighted by molar-refractivity contribution is 7.89. The van der Waals surface area contributed by atoms with Crippen molar-refractivity contribution in [2.75, 3.05) is 19.6 Å². The van der Waals surface area contributed by atoms with Crippen LogP contribution in [0.2, 0.25) is 0 Å². The Morgan fingerprint density at radius 2 is 1.96 bits per heavy atom. The lowest BCUT2D eigenvalue weighted by Crippen LogP contribution is -2.48. The van der Waals surface area contributed by atoms with Gasteiger partial charge in [-0.2, -0.15) is 4.31 Å². The maximum Gasteiger partial charge on any atom is 0.289 e. The van der Waals surface area contributed by atoms with Crippen molar-refractivity contribution in [1.29, 1.82) is 0 Å². The van der Waals surface area contributed by atoms with Crippen molar-refractivity contribution < 1.29 is 17.7 Å². The summed E-state index contributed by atoms with van der Waals surface area (Å²) in [4.78, 5) is 10.5. The van der Waals surface area contributed by atoms with Crippen molar-refractivity contribution in [3.8, 4) is 0 Å². The van der Waals surface area contributed by atoms with Gasteiger partial charge in [0.05, 0.1) is 11.0 Å². The van der Waals surface area contributed by atoms with Gasteiger partial charge in [-0.1, -0.05) is 18.2 Å². The maximum absolute atomic E-state index is 13.7. The fraction of sp³-hybridized carbons (Fsp3) is 0.333. The van der Waals surface area contributed by atoms with Crippen LogP contribution < -0.4 is 5.32 Å². The molecule has 2 aromatic rings. The van der Waals surface area contributed by atoms with Gasteiger partial charge in [-0.3, -0.25) is 10.1 Å². The minimum Gasteiger partial charge on any atom is -0.313 e. The largest absolute Gasteiger partial charge is 0.313 e. The molecule has 1 heterocycles. The molecule has 1 saturated heterocycles. The highest BCUT2D eigenvalue weighted by atomic mass is 35.5. The molecule has 28 heavy (non-hydrogen) atoms. The molecule has 0 spiro atoms. The molecule has 7 nitrogen and oxygen atoms in total. The standard InChI is InChI=1S/C18H20FN3O4S.ClH/c1-12-6-7-16(22(23)24)18(13(12)2)27(25,26)21-9-8-20-11-17(21)14-4-3-5-15(19)10-14;/h3-7,10,17,20H,8-9,11H2,1-2H3;1H. The van der Waals surface area contributed by atoms with E-state index in [0.717, 1.165) is 0 Å². The number of nitrogens with one attached hydrogen (secondary N) is 1. The lowest BCUT2D eigenvalue weighted by molar-refractivity contribution is -0.388. The van der Waals surface area contributed by atoms with Crippen LogP contribution in [-0.4, -0.2) is 37.3 Å². The summed E-state index contributed by atoms with van der Waals surface area (Å²) >= 11 is 0. The van der Waals surface area contributed by atoms with Gasteiger partial charge in [0, 0.05) is 25.7 Å². The number of aryl methyl sites for hydroxylation is 1. The van der Waals surface area contributed by atoms with E-state index in [2.05, 4.69) is 5.32 Å². The van der Waals surface area contributed by atoms with Crippen LogP contribution in [0.4, 0.5) is 10.1 Å². The average molecular weight is 430 g/mol. The molecule has 10 heteroatoms. The molecule has 3 rings (SSSR count). The third-order valence-corrected chi connectivity index (χ3v) is 6.93. The molecule has 1 unspecified atom stereocenters. The first-order chi connectivity index (χ1) is 12.7. The summed E-state index contributed by atoms with van der Waals surface area (Å²) in [5, 5.41) is 14.6. The summed E-state index contributed by atoms with van der Waals surface area (Å²) in [6, 6.07) is 7.85. The van der Waals surface area contributed by atoms with E-state index >= 15 is 0 Å². The Labute approximate surface area is 169 Å². The minimum atomic E-state index is -4.17. The van der Waals surface area contributed by atoms with Gasteiger partial charge in [-0.15, -0.1) is 12.4 Å². The third-order valence-electron chi connectivity index (χ3n) is 4.85. The lowest BCUT2D eigenvalue weighted by Gasteiger charge is -2.35. The highest BCUT2D eigenvalue weighted by Gasteiger charge is 2.39. The Bertz CT molecular complexity index is 1000. The number of halogens is 2. The van der Waals surface area contributed by atoms with Crippen LogP contribution in [0.25, 0.3) is 0 Å². The highest BCUT2D eigenvalue weighted by Crippen LogP contribution is 2.36. The minimum absolute atomic E-state index is 0. The van der Waals surface area contributed by atoms with Crippen molar-refractivity contribution in [2.24, 2.45) is 0 Å². The smallest absolute Gasteiger partial charge is 0.289 e. The van der Waals surface area contributed by atoms with Gasteiger partial charge in [-0.25, -0.2) is 12.8 Å².